The van der Waals surface area contributed by atoms with E-state index >= 15 is 0 Å². The number of fused-ring (bicyclic) bond motifs is 1. The number of nitrogens with one attached hydrogen (secondary N) is 1. The third-order valence-electron chi connectivity index (χ3n) is 4.05. The second-order valence-corrected chi connectivity index (χ2v) is 6.16. The number of H-pyrrole nitrogens is 1. The molecule has 2 aromatic heterocycles. The van der Waals surface area contributed by atoms with Crippen molar-refractivity contribution in [2.45, 2.75) is 6.54 Å². The Morgan fingerprint density at radius 1 is 1.00 bits per heavy atom. The topological polar surface area (TPSA) is 50.7 Å². The molecule has 0 amide bonds. The summed E-state index contributed by atoms with van der Waals surface area (Å²) in [6.07, 6.45) is 3.39. The van der Waals surface area contributed by atoms with Crippen LogP contribution < -0.4 is 5.56 Å². The summed E-state index contributed by atoms with van der Waals surface area (Å²) in [7, 11) is 0. The molecule has 0 unspecified atom stereocenters. The molecular weight excluding hydrogens is 341 g/mol. The molecule has 0 saturated carbocycles. The largest absolute Gasteiger partial charge is 0.366 e. The second kappa shape index (κ2) is 6.18. The summed E-state index contributed by atoms with van der Waals surface area (Å²) in [5.74, 6) is -0.316. The van der Waals surface area contributed by atoms with Gasteiger partial charge in [-0.1, -0.05) is 23.7 Å². The molecule has 124 valence electrons. The van der Waals surface area contributed by atoms with Gasteiger partial charge in [-0.15, -0.1) is 0 Å². The van der Waals surface area contributed by atoms with Crippen LogP contribution in [0.5, 0.6) is 0 Å². The SMILES string of the molecule is O=c1c2c[nH]cc2c(-c2ccc(F)cc2)nn1Cc1ccc(Cl)cc1. The first-order valence-corrected chi connectivity index (χ1v) is 8.07. The van der Waals surface area contributed by atoms with Crippen molar-refractivity contribution in [2.24, 2.45) is 0 Å². The fourth-order valence-corrected chi connectivity index (χ4v) is 2.91. The zero-order chi connectivity index (χ0) is 17.4. The molecule has 0 saturated heterocycles. The van der Waals surface area contributed by atoms with Crippen molar-refractivity contribution in [3.05, 3.63) is 87.7 Å². The van der Waals surface area contributed by atoms with Gasteiger partial charge in [-0.2, -0.15) is 5.10 Å². The van der Waals surface area contributed by atoms with Crippen molar-refractivity contribution in [2.75, 3.05) is 0 Å². The van der Waals surface area contributed by atoms with Crippen molar-refractivity contribution >= 4 is 22.4 Å². The van der Waals surface area contributed by atoms with Crippen LogP contribution >= 0.6 is 11.6 Å². The zero-order valence-electron chi connectivity index (χ0n) is 13.0. The van der Waals surface area contributed by atoms with Crippen LogP contribution in [0.3, 0.4) is 0 Å². The number of benzene rings is 2. The molecule has 4 nitrogen and oxygen atoms in total. The molecule has 0 spiro atoms. The molecular formula is C19H13ClFN3O. The van der Waals surface area contributed by atoms with Crippen LogP contribution in [0, 0.1) is 5.82 Å². The predicted octanol–water partition coefficient (Wildman–Crippen LogP) is 4.23. The lowest BCUT2D eigenvalue weighted by molar-refractivity contribution is 0.627. The molecule has 0 aliphatic rings. The van der Waals surface area contributed by atoms with E-state index in [1.54, 1.807) is 36.7 Å². The number of hydrogen-bond acceptors (Lipinski definition) is 2. The molecule has 2 heterocycles. The van der Waals surface area contributed by atoms with Gasteiger partial charge in [0, 0.05) is 28.4 Å². The number of rotatable bonds is 3. The highest BCUT2D eigenvalue weighted by Gasteiger charge is 2.13. The number of nitrogens with zero attached hydrogens (tertiary/aromatic N) is 2. The number of aromatic amines is 1. The van der Waals surface area contributed by atoms with Crippen molar-refractivity contribution in [3.8, 4) is 11.3 Å². The predicted molar refractivity (Wildman–Crippen MR) is 96.3 cm³/mol. The molecule has 0 aliphatic carbocycles. The average molecular weight is 354 g/mol. The molecule has 1 N–H and O–H groups in total. The highest BCUT2D eigenvalue weighted by molar-refractivity contribution is 6.30. The summed E-state index contributed by atoms with van der Waals surface area (Å²) in [6.45, 7) is 0.325. The number of halogens is 2. The summed E-state index contributed by atoms with van der Waals surface area (Å²) in [5.41, 5.74) is 2.11. The Bertz CT molecular complexity index is 1100. The first-order chi connectivity index (χ1) is 12.1. The molecule has 2 aromatic carbocycles. The second-order valence-electron chi connectivity index (χ2n) is 5.73. The van der Waals surface area contributed by atoms with Crippen LogP contribution in [-0.2, 0) is 6.54 Å². The normalized spacial score (nSPS) is 11.1. The first kappa shape index (κ1) is 15.6. The quantitative estimate of drug-likeness (QED) is 0.599. The van der Waals surface area contributed by atoms with E-state index in [-0.39, 0.29) is 11.4 Å². The van der Waals surface area contributed by atoms with Gasteiger partial charge in [0.2, 0.25) is 0 Å². The van der Waals surface area contributed by atoms with Gasteiger partial charge in [0.1, 0.15) is 11.5 Å². The maximum atomic E-state index is 13.2. The third kappa shape index (κ3) is 2.94. The summed E-state index contributed by atoms with van der Waals surface area (Å²) >= 11 is 5.91. The number of hydrogen-bond donors (Lipinski definition) is 1. The lowest BCUT2D eigenvalue weighted by Crippen LogP contribution is -2.24. The van der Waals surface area contributed by atoms with E-state index in [4.69, 9.17) is 11.6 Å². The molecule has 0 fully saturated rings. The van der Waals surface area contributed by atoms with E-state index < -0.39 is 0 Å². The van der Waals surface area contributed by atoms with Crippen LogP contribution in [0.4, 0.5) is 4.39 Å². The minimum absolute atomic E-state index is 0.183. The Kier molecular flexibility index (Phi) is 3.86. The zero-order valence-corrected chi connectivity index (χ0v) is 13.8. The van der Waals surface area contributed by atoms with Crippen molar-refractivity contribution in [1.29, 1.82) is 0 Å². The summed E-state index contributed by atoms with van der Waals surface area (Å²) in [4.78, 5) is 15.6. The summed E-state index contributed by atoms with van der Waals surface area (Å²) < 4.78 is 14.6. The molecule has 0 radical (unpaired) electrons. The lowest BCUT2D eigenvalue weighted by atomic mass is 10.1. The van der Waals surface area contributed by atoms with E-state index in [0.717, 1.165) is 11.1 Å². The molecule has 0 bridgehead atoms. The van der Waals surface area contributed by atoms with Crippen molar-refractivity contribution < 1.29 is 4.39 Å². The van der Waals surface area contributed by atoms with Gasteiger partial charge in [-0.05, 0) is 42.0 Å². The molecule has 25 heavy (non-hydrogen) atoms. The standard InChI is InChI=1S/C19H13ClFN3O/c20-14-5-1-12(2-6-14)11-24-19(25)17-10-22-9-16(17)18(23-24)13-3-7-15(21)8-4-13/h1-10,22H,11H2. The van der Waals surface area contributed by atoms with Gasteiger partial charge < -0.3 is 4.98 Å². The van der Waals surface area contributed by atoms with Crippen molar-refractivity contribution in [1.82, 2.24) is 14.8 Å². The highest BCUT2D eigenvalue weighted by atomic mass is 35.5. The fraction of sp³-hybridized carbons (Fsp3) is 0.0526. The smallest absolute Gasteiger partial charge is 0.276 e. The van der Waals surface area contributed by atoms with Gasteiger partial charge >= 0.3 is 0 Å². The monoisotopic (exact) mass is 353 g/mol. The Balaban J connectivity index is 1.87. The summed E-state index contributed by atoms with van der Waals surface area (Å²) in [6, 6.07) is 13.3. The number of aromatic nitrogens is 3. The Labute approximate surface area is 147 Å². The van der Waals surface area contributed by atoms with E-state index in [0.29, 0.717) is 28.0 Å². The van der Waals surface area contributed by atoms with E-state index in [1.165, 1.54) is 16.8 Å². The Morgan fingerprint density at radius 2 is 1.68 bits per heavy atom. The summed E-state index contributed by atoms with van der Waals surface area (Å²) in [5, 5.41) is 6.41. The van der Waals surface area contributed by atoms with Gasteiger partial charge in [0.25, 0.3) is 5.56 Å². The van der Waals surface area contributed by atoms with Crippen LogP contribution in [0.2, 0.25) is 5.02 Å². The van der Waals surface area contributed by atoms with Crippen LogP contribution in [0.1, 0.15) is 5.56 Å². The average Bonchev–Trinajstić information content (AvgIpc) is 3.10. The lowest BCUT2D eigenvalue weighted by Gasteiger charge is -2.09. The molecule has 6 heteroatoms. The third-order valence-corrected chi connectivity index (χ3v) is 4.30. The minimum atomic E-state index is -0.316. The molecule has 0 atom stereocenters. The maximum absolute atomic E-state index is 13.2. The highest BCUT2D eigenvalue weighted by Crippen LogP contribution is 2.24. The van der Waals surface area contributed by atoms with Gasteiger partial charge in [-0.3, -0.25) is 4.79 Å². The van der Waals surface area contributed by atoms with Crippen LogP contribution in [0.25, 0.3) is 22.0 Å². The molecule has 4 rings (SSSR count). The maximum Gasteiger partial charge on any atom is 0.276 e. The van der Waals surface area contributed by atoms with E-state index in [1.807, 2.05) is 12.1 Å². The Morgan fingerprint density at radius 3 is 2.40 bits per heavy atom. The van der Waals surface area contributed by atoms with Gasteiger partial charge in [0.15, 0.2) is 0 Å². The first-order valence-electron chi connectivity index (χ1n) is 7.70. The van der Waals surface area contributed by atoms with Crippen molar-refractivity contribution in [3.63, 3.8) is 0 Å². The fourth-order valence-electron chi connectivity index (χ4n) is 2.79. The van der Waals surface area contributed by atoms with E-state index in [9.17, 15) is 9.18 Å². The van der Waals surface area contributed by atoms with E-state index in [2.05, 4.69) is 10.1 Å². The Hall–Kier alpha value is -2.92. The minimum Gasteiger partial charge on any atom is -0.366 e. The van der Waals surface area contributed by atoms with Gasteiger partial charge in [-0.25, -0.2) is 9.07 Å². The van der Waals surface area contributed by atoms with Gasteiger partial charge in [0.05, 0.1) is 11.9 Å². The van der Waals surface area contributed by atoms with Crippen LogP contribution in [-0.4, -0.2) is 14.8 Å². The van der Waals surface area contributed by atoms with Crippen LogP contribution in [0.15, 0.2) is 65.7 Å². The molecule has 0 aliphatic heterocycles. The molecule has 4 aromatic rings.